The summed E-state index contributed by atoms with van der Waals surface area (Å²) in [5.41, 5.74) is 0.599. The molecule has 18 heavy (non-hydrogen) atoms. The largest absolute Gasteiger partial charge is 0.389 e. The van der Waals surface area contributed by atoms with Crippen LogP contribution in [-0.2, 0) is 6.54 Å². The fourth-order valence-electron chi connectivity index (χ4n) is 2.36. The molecule has 1 aliphatic rings. The fourth-order valence-corrected chi connectivity index (χ4v) is 2.97. The molecule has 0 unspecified atom stereocenters. The number of nitrogens with zero attached hydrogens (tertiary/aromatic N) is 3. The minimum atomic E-state index is -0.589. The zero-order valence-corrected chi connectivity index (χ0v) is 12.3. The maximum Gasteiger partial charge on any atom is 0.0897 e. The molecule has 5 heteroatoms. The Morgan fingerprint density at radius 2 is 1.89 bits per heavy atom. The second-order valence-electron chi connectivity index (χ2n) is 5.72. The van der Waals surface area contributed by atoms with E-state index in [2.05, 4.69) is 27.1 Å². The van der Waals surface area contributed by atoms with Crippen LogP contribution in [0.5, 0.6) is 0 Å². The third kappa shape index (κ3) is 4.31. The number of thiazole rings is 1. The van der Waals surface area contributed by atoms with E-state index in [1.165, 1.54) is 5.69 Å². The monoisotopic (exact) mass is 269 g/mol. The molecule has 1 N–H and O–H groups in total. The first kappa shape index (κ1) is 13.9. The van der Waals surface area contributed by atoms with Crippen molar-refractivity contribution in [1.82, 2.24) is 14.8 Å². The van der Waals surface area contributed by atoms with Gasteiger partial charge in [0.2, 0.25) is 0 Å². The first-order chi connectivity index (χ1) is 8.42. The van der Waals surface area contributed by atoms with Crippen molar-refractivity contribution in [1.29, 1.82) is 0 Å². The predicted octanol–water partition coefficient (Wildman–Crippen LogP) is 1.34. The Morgan fingerprint density at radius 1 is 1.28 bits per heavy atom. The Hall–Kier alpha value is -0.490. The molecule has 0 spiro atoms. The van der Waals surface area contributed by atoms with Gasteiger partial charge in [0.1, 0.15) is 0 Å². The van der Waals surface area contributed by atoms with E-state index in [1.807, 2.05) is 13.8 Å². The molecule has 0 aliphatic carbocycles. The number of piperazine rings is 1. The molecule has 0 bridgehead atoms. The summed E-state index contributed by atoms with van der Waals surface area (Å²) in [6.45, 7) is 11.7. The summed E-state index contributed by atoms with van der Waals surface area (Å²) in [7, 11) is 0. The van der Waals surface area contributed by atoms with Crippen molar-refractivity contribution >= 4 is 11.3 Å². The quantitative estimate of drug-likeness (QED) is 0.895. The summed E-state index contributed by atoms with van der Waals surface area (Å²) in [6, 6.07) is 0. The smallest absolute Gasteiger partial charge is 0.0897 e. The maximum atomic E-state index is 9.81. The highest BCUT2D eigenvalue weighted by Gasteiger charge is 2.22. The van der Waals surface area contributed by atoms with Gasteiger partial charge in [0.15, 0.2) is 0 Å². The molecule has 2 heterocycles. The normalized spacial score (nSPS) is 19.3. The minimum absolute atomic E-state index is 0.589. The second-order valence-corrected chi connectivity index (χ2v) is 6.78. The van der Waals surface area contributed by atoms with Crippen molar-refractivity contribution in [2.75, 3.05) is 32.7 Å². The van der Waals surface area contributed by atoms with Gasteiger partial charge in [-0.15, -0.1) is 11.3 Å². The van der Waals surface area contributed by atoms with Crippen molar-refractivity contribution in [3.05, 3.63) is 16.1 Å². The van der Waals surface area contributed by atoms with Crippen molar-refractivity contribution in [3.8, 4) is 0 Å². The molecule has 2 rings (SSSR count). The van der Waals surface area contributed by atoms with E-state index < -0.39 is 5.60 Å². The molecular formula is C13H23N3OS. The van der Waals surface area contributed by atoms with Gasteiger partial charge < -0.3 is 5.11 Å². The Kier molecular flexibility index (Phi) is 4.37. The van der Waals surface area contributed by atoms with Gasteiger partial charge in [-0.2, -0.15) is 0 Å². The van der Waals surface area contributed by atoms with Gasteiger partial charge >= 0.3 is 0 Å². The summed E-state index contributed by atoms with van der Waals surface area (Å²) in [6.07, 6.45) is 0. The molecule has 0 radical (unpaired) electrons. The van der Waals surface area contributed by atoms with E-state index in [0.29, 0.717) is 0 Å². The standard InChI is InChI=1S/C13H23N3OS/c1-11-14-12(9-18-11)8-15-4-6-16(7-5-15)10-13(2,3)17/h9,17H,4-8,10H2,1-3H3. The Bertz CT molecular complexity index is 378. The highest BCUT2D eigenvalue weighted by atomic mass is 32.1. The molecule has 4 nitrogen and oxygen atoms in total. The van der Waals surface area contributed by atoms with Crippen molar-refractivity contribution in [2.24, 2.45) is 0 Å². The first-order valence-corrected chi connectivity index (χ1v) is 7.38. The maximum absolute atomic E-state index is 9.81. The average Bonchev–Trinajstić information content (AvgIpc) is 2.65. The lowest BCUT2D eigenvalue weighted by atomic mass is 10.1. The highest BCUT2D eigenvalue weighted by Crippen LogP contribution is 2.13. The topological polar surface area (TPSA) is 39.6 Å². The number of hydrogen-bond acceptors (Lipinski definition) is 5. The number of aliphatic hydroxyl groups is 1. The Balaban J connectivity index is 1.77. The van der Waals surface area contributed by atoms with Crippen LogP contribution >= 0.6 is 11.3 Å². The first-order valence-electron chi connectivity index (χ1n) is 6.50. The van der Waals surface area contributed by atoms with E-state index >= 15 is 0 Å². The van der Waals surface area contributed by atoms with Crippen LogP contribution in [0.25, 0.3) is 0 Å². The van der Waals surface area contributed by atoms with Gasteiger partial charge in [0.25, 0.3) is 0 Å². The number of rotatable bonds is 4. The van der Waals surface area contributed by atoms with Crippen LogP contribution in [0.2, 0.25) is 0 Å². The molecule has 0 atom stereocenters. The van der Waals surface area contributed by atoms with Gasteiger partial charge in [-0.1, -0.05) is 0 Å². The second kappa shape index (κ2) is 5.65. The highest BCUT2D eigenvalue weighted by molar-refractivity contribution is 7.09. The molecule has 1 aromatic rings. The van der Waals surface area contributed by atoms with Crippen molar-refractivity contribution in [2.45, 2.75) is 32.9 Å². The van der Waals surface area contributed by atoms with Crippen LogP contribution in [-0.4, -0.2) is 58.2 Å². The van der Waals surface area contributed by atoms with Crippen LogP contribution in [0, 0.1) is 6.92 Å². The van der Waals surface area contributed by atoms with E-state index in [-0.39, 0.29) is 0 Å². The van der Waals surface area contributed by atoms with Crippen LogP contribution in [0.15, 0.2) is 5.38 Å². The lowest BCUT2D eigenvalue weighted by Crippen LogP contribution is -2.50. The average molecular weight is 269 g/mol. The van der Waals surface area contributed by atoms with Gasteiger partial charge in [-0.3, -0.25) is 9.80 Å². The van der Waals surface area contributed by atoms with Gasteiger partial charge in [-0.05, 0) is 20.8 Å². The number of hydrogen-bond donors (Lipinski definition) is 1. The zero-order valence-electron chi connectivity index (χ0n) is 11.5. The summed E-state index contributed by atoms with van der Waals surface area (Å²) in [5, 5.41) is 13.1. The number of aryl methyl sites for hydroxylation is 1. The van der Waals surface area contributed by atoms with Gasteiger partial charge in [-0.25, -0.2) is 4.98 Å². The summed E-state index contributed by atoms with van der Waals surface area (Å²) in [4.78, 5) is 9.28. The lowest BCUT2D eigenvalue weighted by Gasteiger charge is -2.37. The third-order valence-corrected chi connectivity index (χ3v) is 3.95. The van der Waals surface area contributed by atoms with Gasteiger partial charge in [0.05, 0.1) is 16.3 Å². The Morgan fingerprint density at radius 3 is 2.39 bits per heavy atom. The van der Waals surface area contributed by atoms with E-state index in [1.54, 1.807) is 11.3 Å². The van der Waals surface area contributed by atoms with Gasteiger partial charge in [0, 0.05) is 44.6 Å². The van der Waals surface area contributed by atoms with E-state index in [0.717, 1.165) is 44.3 Å². The minimum Gasteiger partial charge on any atom is -0.389 e. The molecule has 0 saturated carbocycles. The molecule has 1 aromatic heterocycles. The fraction of sp³-hybridized carbons (Fsp3) is 0.769. The number of aromatic nitrogens is 1. The van der Waals surface area contributed by atoms with Crippen LogP contribution in [0.3, 0.4) is 0 Å². The molecule has 0 aromatic carbocycles. The van der Waals surface area contributed by atoms with Crippen LogP contribution < -0.4 is 0 Å². The van der Waals surface area contributed by atoms with E-state index in [4.69, 9.17) is 0 Å². The van der Waals surface area contributed by atoms with Crippen molar-refractivity contribution in [3.63, 3.8) is 0 Å². The molecule has 1 saturated heterocycles. The molecule has 1 aliphatic heterocycles. The molecule has 0 amide bonds. The number of β-amino-alcohol motifs (C(OH)–C–C–N with tert-alkyl or cyclic N) is 1. The summed E-state index contributed by atoms with van der Waals surface area (Å²) < 4.78 is 0. The molecule has 102 valence electrons. The molecular weight excluding hydrogens is 246 g/mol. The van der Waals surface area contributed by atoms with Crippen molar-refractivity contribution < 1.29 is 5.11 Å². The van der Waals surface area contributed by atoms with Crippen LogP contribution in [0.1, 0.15) is 24.5 Å². The summed E-state index contributed by atoms with van der Waals surface area (Å²) in [5.74, 6) is 0. The zero-order chi connectivity index (χ0) is 13.2. The van der Waals surface area contributed by atoms with Crippen LogP contribution in [0.4, 0.5) is 0 Å². The predicted molar refractivity (Wildman–Crippen MR) is 74.9 cm³/mol. The third-order valence-electron chi connectivity index (χ3n) is 3.13. The van der Waals surface area contributed by atoms with E-state index in [9.17, 15) is 5.11 Å². The summed E-state index contributed by atoms with van der Waals surface area (Å²) >= 11 is 1.72. The molecule has 1 fully saturated rings. The SMILES string of the molecule is Cc1nc(CN2CCN(CC(C)(C)O)CC2)cs1. The lowest BCUT2D eigenvalue weighted by molar-refractivity contribution is 0.0165. The Labute approximate surface area is 113 Å².